The van der Waals surface area contributed by atoms with Crippen LogP contribution in [-0.4, -0.2) is 35.5 Å². The van der Waals surface area contributed by atoms with Crippen molar-refractivity contribution >= 4 is 11.9 Å². The summed E-state index contributed by atoms with van der Waals surface area (Å²) in [4.78, 5) is 27.3. The predicted octanol–water partition coefficient (Wildman–Crippen LogP) is 3.50. The van der Waals surface area contributed by atoms with Gasteiger partial charge in [0.15, 0.2) is 0 Å². The molecular weight excluding hydrogens is 362 g/mol. The lowest BCUT2D eigenvalue weighted by Gasteiger charge is -2.40. The molecule has 0 unspecified atom stereocenters. The number of benzene rings is 2. The quantitative estimate of drug-likeness (QED) is 0.710. The van der Waals surface area contributed by atoms with Crippen LogP contribution < -0.4 is 10.6 Å². The lowest BCUT2D eigenvalue weighted by atomic mass is 9.74. The van der Waals surface area contributed by atoms with Gasteiger partial charge in [0.2, 0.25) is 0 Å². The third kappa shape index (κ3) is 4.51. The molecule has 2 N–H and O–H groups in total. The maximum Gasteiger partial charge on any atom is 0.322 e. The minimum Gasteiger partial charge on any atom is -0.323 e. The number of hydrogen-bond acceptors (Lipinski definition) is 3. The topological polar surface area (TPSA) is 61.4 Å². The number of hydrogen-bond donors (Lipinski definition) is 2. The number of nitrogens with one attached hydrogen (secondary N) is 2. The molecule has 2 saturated heterocycles. The monoisotopic (exact) mass is 391 g/mol. The molecule has 2 aromatic carbocycles. The third-order valence-corrected chi connectivity index (χ3v) is 6.38. The van der Waals surface area contributed by atoms with Crippen LogP contribution in [0.15, 0.2) is 60.7 Å². The number of aryl methyl sites for hydroxylation is 1. The smallest absolute Gasteiger partial charge is 0.322 e. The highest BCUT2D eigenvalue weighted by Crippen LogP contribution is 2.35. The summed E-state index contributed by atoms with van der Waals surface area (Å²) in [7, 11) is 0. The van der Waals surface area contributed by atoms with Crippen LogP contribution >= 0.6 is 0 Å². The molecule has 0 aliphatic carbocycles. The zero-order valence-electron chi connectivity index (χ0n) is 16.8. The summed E-state index contributed by atoms with van der Waals surface area (Å²) < 4.78 is 0. The number of imide groups is 1. The van der Waals surface area contributed by atoms with Gasteiger partial charge in [-0.25, -0.2) is 4.79 Å². The lowest BCUT2D eigenvalue weighted by Crippen LogP contribution is -2.56. The van der Waals surface area contributed by atoms with E-state index in [2.05, 4.69) is 51.9 Å². The fourth-order valence-electron chi connectivity index (χ4n) is 4.81. The van der Waals surface area contributed by atoms with E-state index < -0.39 is 5.54 Å². The fraction of sp³-hybridized carbons (Fsp3) is 0.417. The van der Waals surface area contributed by atoms with E-state index in [-0.39, 0.29) is 17.9 Å². The molecule has 3 amide bonds. The van der Waals surface area contributed by atoms with Gasteiger partial charge in [-0.3, -0.25) is 15.0 Å². The van der Waals surface area contributed by atoms with Crippen molar-refractivity contribution in [3.8, 4) is 0 Å². The first kappa shape index (κ1) is 19.6. The van der Waals surface area contributed by atoms with E-state index in [4.69, 9.17) is 0 Å². The molecule has 2 fully saturated rings. The van der Waals surface area contributed by atoms with Crippen LogP contribution in [0.1, 0.15) is 36.8 Å². The van der Waals surface area contributed by atoms with Gasteiger partial charge in [0, 0.05) is 6.54 Å². The van der Waals surface area contributed by atoms with Gasteiger partial charge in [0.25, 0.3) is 5.91 Å². The first-order valence-electron chi connectivity index (χ1n) is 10.6. The Morgan fingerprint density at radius 1 is 0.897 bits per heavy atom. The summed E-state index contributed by atoms with van der Waals surface area (Å²) in [5, 5.41) is 5.52. The number of amides is 3. The normalized spacial score (nSPS) is 23.0. The van der Waals surface area contributed by atoms with Gasteiger partial charge in [0.1, 0.15) is 5.54 Å². The van der Waals surface area contributed by atoms with E-state index in [0.29, 0.717) is 6.42 Å². The van der Waals surface area contributed by atoms with Crippen molar-refractivity contribution in [2.45, 2.75) is 44.2 Å². The Kier molecular flexibility index (Phi) is 5.95. The molecule has 29 heavy (non-hydrogen) atoms. The molecule has 2 heterocycles. The molecule has 1 atom stereocenters. The molecule has 0 radical (unpaired) electrons. The minimum atomic E-state index is -0.759. The number of likely N-dealkylation sites (tertiary alicyclic amines) is 1. The fourth-order valence-corrected chi connectivity index (χ4v) is 4.81. The Balaban J connectivity index is 1.38. The SMILES string of the molecule is O=C1NC(=O)[C@](CCCc2ccccc2)(C2CCN(Cc3ccccc3)CC2)N1. The van der Waals surface area contributed by atoms with E-state index in [1.54, 1.807) is 0 Å². The van der Waals surface area contributed by atoms with Crippen LogP contribution in [0.3, 0.4) is 0 Å². The zero-order chi connectivity index (χ0) is 20.1. The predicted molar refractivity (Wildman–Crippen MR) is 113 cm³/mol. The highest BCUT2D eigenvalue weighted by molar-refractivity contribution is 6.07. The number of urea groups is 1. The Bertz CT molecular complexity index is 832. The highest BCUT2D eigenvalue weighted by Gasteiger charge is 2.51. The van der Waals surface area contributed by atoms with Crippen molar-refractivity contribution in [3.63, 3.8) is 0 Å². The highest BCUT2D eigenvalue weighted by atomic mass is 16.2. The largest absolute Gasteiger partial charge is 0.323 e. The third-order valence-electron chi connectivity index (χ3n) is 6.38. The van der Waals surface area contributed by atoms with Gasteiger partial charge >= 0.3 is 6.03 Å². The summed E-state index contributed by atoms with van der Waals surface area (Å²) in [5.74, 6) is 0.0359. The molecule has 2 aliphatic rings. The maximum absolute atomic E-state index is 12.8. The van der Waals surface area contributed by atoms with Crippen LogP contribution in [0.2, 0.25) is 0 Å². The van der Waals surface area contributed by atoms with Crippen molar-refractivity contribution < 1.29 is 9.59 Å². The second-order valence-electron chi connectivity index (χ2n) is 8.25. The number of rotatable bonds is 7. The van der Waals surface area contributed by atoms with Crippen LogP contribution in [-0.2, 0) is 17.8 Å². The molecule has 5 nitrogen and oxygen atoms in total. The van der Waals surface area contributed by atoms with Crippen molar-refractivity contribution in [2.24, 2.45) is 5.92 Å². The van der Waals surface area contributed by atoms with Crippen molar-refractivity contribution in [3.05, 3.63) is 71.8 Å². The average molecular weight is 392 g/mol. The molecule has 4 rings (SSSR count). The number of carbonyl (C=O) groups is 2. The molecule has 5 heteroatoms. The summed E-state index contributed by atoms with van der Waals surface area (Å²) in [6.45, 7) is 2.83. The van der Waals surface area contributed by atoms with Crippen molar-refractivity contribution in [1.29, 1.82) is 0 Å². The molecule has 152 valence electrons. The Labute approximate surface area is 172 Å². The Hall–Kier alpha value is -2.66. The molecular formula is C24H29N3O2. The molecule has 0 bridgehead atoms. The van der Waals surface area contributed by atoms with Crippen molar-refractivity contribution in [2.75, 3.05) is 13.1 Å². The first-order chi connectivity index (χ1) is 14.2. The van der Waals surface area contributed by atoms with Gasteiger partial charge in [0.05, 0.1) is 0 Å². The van der Waals surface area contributed by atoms with Gasteiger partial charge in [-0.2, -0.15) is 0 Å². The van der Waals surface area contributed by atoms with Gasteiger partial charge in [-0.15, -0.1) is 0 Å². The summed E-state index contributed by atoms with van der Waals surface area (Å²) in [5.41, 5.74) is 1.82. The molecule has 0 aromatic heterocycles. The van der Waals surface area contributed by atoms with E-state index in [0.717, 1.165) is 45.3 Å². The van der Waals surface area contributed by atoms with Gasteiger partial charge in [-0.05, 0) is 62.2 Å². The number of piperidine rings is 1. The standard InChI is InChI=1S/C24H29N3O2/c28-22-24(26-23(29)25-22,15-7-12-19-8-3-1-4-9-19)21-13-16-27(17-14-21)18-20-10-5-2-6-11-20/h1-6,8-11,21H,7,12-18H2,(H2,25,26,28,29)/t24-/m0/s1. The first-order valence-corrected chi connectivity index (χ1v) is 10.6. The van der Waals surface area contributed by atoms with Gasteiger partial charge in [-0.1, -0.05) is 60.7 Å². The van der Waals surface area contributed by atoms with Crippen LogP contribution in [0.4, 0.5) is 4.79 Å². The van der Waals surface area contributed by atoms with Crippen molar-refractivity contribution in [1.82, 2.24) is 15.5 Å². The number of carbonyl (C=O) groups excluding carboxylic acids is 2. The van der Waals surface area contributed by atoms with Gasteiger partial charge < -0.3 is 5.32 Å². The summed E-state index contributed by atoms with van der Waals surface area (Å²) >= 11 is 0. The van der Waals surface area contributed by atoms with E-state index in [1.807, 2.05) is 24.3 Å². The van der Waals surface area contributed by atoms with E-state index in [9.17, 15) is 9.59 Å². The van der Waals surface area contributed by atoms with E-state index >= 15 is 0 Å². The van der Waals surface area contributed by atoms with E-state index in [1.165, 1.54) is 11.1 Å². The second kappa shape index (κ2) is 8.78. The van der Waals surface area contributed by atoms with Crippen LogP contribution in [0, 0.1) is 5.92 Å². The molecule has 2 aromatic rings. The number of nitrogens with zero attached hydrogens (tertiary/aromatic N) is 1. The molecule has 2 aliphatic heterocycles. The Morgan fingerprint density at radius 3 is 2.10 bits per heavy atom. The maximum atomic E-state index is 12.8. The minimum absolute atomic E-state index is 0.142. The molecule has 0 spiro atoms. The van der Waals surface area contributed by atoms with Crippen LogP contribution in [0.5, 0.6) is 0 Å². The lowest BCUT2D eigenvalue weighted by molar-refractivity contribution is -0.127. The summed E-state index contributed by atoms with van der Waals surface area (Å²) in [6.07, 6.45) is 4.32. The summed E-state index contributed by atoms with van der Waals surface area (Å²) in [6, 6.07) is 20.5. The second-order valence-corrected chi connectivity index (χ2v) is 8.25. The average Bonchev–Trinajstić information content (AvgIpc) is 3.04. The zero-order valence-corrected chi connectivity index (χ0v) is 16.8. The Morgan fingerprint density at radius 2 is 1.52 bits per heavy atom. The van der Waals surface area contributed by atoms with Crippen LogP contribution in [0.25, 0.3) is 0 Å². The molecule has 0 saturated carbocycles.